The molecule has 1 aliphatic heterocycles. The van der Waals surface area contributed by atoms with Gasteiger partial charge in [0.15, 0.2) is 0 Å². The van der Waals surface area contributed by atoms with E-state index in [9.17, 15) is 0 Å². The van der Waals surface area contributed by atoms with Crippen molar-refractivity contribution in [1.29, 1.82) is 0 Å². The fourth-order valence-corrected chi connectivity index (χ4v) is 4.14. The smallest absolute Gasteiger partial charge is 0.0686 e. The molecule has 3 rings (SSSR count). The first kappa shape index (κ1) is 13.5. The van der Waals surface area contributed by atoms with Crippen molar-refractivity contribution < 1.29 is 4.74 Å². The van der Waals surface area contributed by atoms with Crippen molar-refractivity contribution in [3.63, 3.8) is 0 Å². The van der Waals surface area contributed by atoms with E-state index in [1.807, 2.05) is 0 Å². The van der Waals surface area contributed by atoms with E-state index in [2.05, 4.69) is 30.5 Å². The van der Waals surface area contributed by atoms with Crippen molar-refractivity contribution >= 4 is 11.8 Å². The van der Waals surface area contributed by atoms with E-state index in [1.54, 1.807) is 11.8 Å². The minimum atomic E-state index is 0.157. The summed E-state index contributed by atoms with van der Waals surface area (Å²) in [5.74, 6) is 0.572. The Labute approximate surface area is 120 Å². The average molecular weight is 277 g/mol. The lowest BCUT2D eigenvalue weighted by atomic mass is 9.70. The van der Waals surface area contributed by atoms with Gasteiger partial charge < -0.3 is 10.5 Å². The van der Waals surface area contributed by atoms with Gasteiger partial charge in [-0.05, 0) is 55.9 Å². The summed E-state index contributed by atoms with van der Waals surface area (Å²) in [6.07, 6.45) is 8.18. The van der Waals surface area contributed by atoms with Crippen LogP contribution in [0.25, 0.3) is 0 Å². The summed E-state index contributed by atoms with van der Waals surface area (Å²) in [5.41, 5.74) is 8.08. The van der Waals surface area contributed by atoms with Gasteiger partial charge in [-0.1, -0.05) is 18.2 Å². The molecule has 2 fully saturated rings. The van der Waals surface area contributed by atoms with Gasteiger partial charge in [0, 0.05) is 17.5 Å². The predicted molar refractivity (Wildman–Crippen MR) is 80.4 cm³/mol. The number of hydrogen-bond donors (Lipinski definition) is 1. The molecule has 0 aromatic heterocycles. The summed E-state index contributed by atoms with van der Waals surface area (Å²) in [6.45, 7) is 0.889. The first-order valence-corrected chi connectivity index (χ1v) is 8.49. The van der Waals surface area contributed by atoms with E-state index in [-0.39, 0.29) is 11.6 Å². The highest BCUT2D eigenvalue weighted by Crippen LogP contribution is 2.47. The third-order valence-electron chi connectivity index (χ3n) is 4.80. The van der Waals surface area contributed by atoms with Crippen LogP contribution in [0.2, 0.25) is 0 Å². The van der Waals surface area contributed by atoms with E-state index in [1.165, 1.54) is 29.7 Å². The maximum atomic E-state index is 6.58. The predicted octanol–water partition coefficient (Wildman–Crippen LogP) is 3.76. The van der Waals surface area contributed by atoms with Crippen LogP contribution in [0.1, 0.15) is 43.7 Å². The first-order valence-electron chi connectivity index (χ1n) is 7.27. The van der Waals surface area contributed by atoms with Crippen LogP contribution in [-0.4, -0.2) is 18.5 Å². The molecule has 1 heterocycles. The zero-order chi connectivity index (χ0) is 13.3. The summed E-state index contributed by atoms with van der Waals surface area (Å²) < 4.78 is 6.01. The topological polar surface area (TPSA) is 35.2 Å². The Hall–Kier alpha value is -0.510. The Morgan fingerprint density at radius 2 is 2.16 bits per heavy atom. The van der Waals surface area contributed by atoms with Crippen LogP contribution in [0.5, 0.6) is 0 Å². The van der Waals surface area contributed by atoms with Gasteiger partial charge in [0.25, 0.3) is 0 Å². The van der Waals surface area contributed by atoms with E-state index in [4.69, 9.17) is 10.5 Å². The molecule has 104 valence electrons. The van der Waals surface area contributed by atoms with Crippen molar-refractivity contribution in [2.24, 2.45) is 11.7 Å². The molecule has 2 N–H and O–H groups in total. The van der Waals surface area contributed by atoms with E-state index < -0.39 is 0 Å². The maximum Gasteiger partial charge on any atom is 0.0686 e. The molecule has 3 heteroatoms. The van der Waals surface area contributed by atoms with Gasteiger partial charge in [-0.15, -0.1) is 11.8 Å². The third-order valence-corrected chi connectivity index (χ3v) is 5.61. The second-order valence-electron chi connectivity index (χ2n) is 5.91. The fraction of sp³-hybridized carbons (Fsp3) is 0.625. The fourth-order valence-electron chi connectivity index (χ4n) is 3.49. The zero-order valence-corrected chi connectivity index (χ0v) is 12.4. The second-order valence-corrected chi connectivity index (χ2v) is 6.75. The van der Waals surface area contributed by atoms with Gasteiger partial charge >= 0.3 is 0 Å². The second kappa shape index (κ2) is 5.47. The molecule has 0 radical (unpaired) electrons. The molecule has 0 bridgehead atoms. The highest BCUT2D eigenvalue weighted by Gasteiger charge is 2.44. The maximum absolute atomic E-state index is 6.58. The number of benzene rings is 1. The normalized spacial score (nSPS) is 26.9. The van der Waals surface area contributed by atoms with Crippen LogP contribution in [0.3, 0.4) is 0 Å². The molecule has 2 aliphatic rings. The number of ether oxygens (including phenoxy) is 1. The van der Waals surface area contributed by atoms with Crippen molar-refractivity contribution in [1.82, 2.24) is 0 Å². The standard InChI is InChI=1S/C16H23NOS/c1-19-14-6-3-2-5-13(14)15(17)12-7-10-18-16(11-12)8-4-9-16/h2-3,5-6,12,15H,4,7-11,17H2,1H3. The van der Waals surface area contributed by atoms with E-state index in [0.29, 0.717) is 5.92 Å². The minimum Gasteiger partial charge on any atom is -0.375 e. The highest BCUT2D eigenvalue weighted by atomic mass is 32.2. The Morgan fingerprint density at radius 3 is 2.84 bits per heavy atom. The van der Waals surface area contributed by atoms with Gasteiger partial charge in [-0.2, -0.15) is 0 Å². The molecule has 1 aromatic rings. The first-order chi connectivity index (χ1) is 9.24. The van der Waals surface area contributed by atoms with Gasteiger partial charge in [0.1, 0.15) is 0 Å². The number of thioether (sulfide) groups is 1. The lowest BCUT2D eigenvalue weighted by molar-refractivity contribution is -0.146. The Kier molecular flexibility index (Phi) is 3.88. The largest absolute Gasteiger partial charge is 0.375 e. The van der Waals surface area contributed by atoms with Crippen molar-refractivity contribution in [3.8, 4) is 0 Å². The molecule has 2 unspecified atom stereocenters. The molecule has 1 spiro atoms. The Bertz CT molecular complexity index is 444. The SMILES string of the molecule is CSc1ccccc1C(N)C1CCOC2(CCC2)C1. The van der Waals surface area contributed by atoms with Crippen LogP contribution in [0.15, 0.2) is 29.2 Å². The molecule has 1 aromatic carbocycles. The number of hydrogen-bond acceptors (Lipinski definition) is 3. The minimum absolute atomic E-state index is 0.157. The van der Waals surface area contributed by atoms with E-state index in [0.717, 1.165) is 19.4 Å². The molecule has 1 aliphatic carbocycles. The lowest BCUT2D eigenvalue weighted by Crippen LogP contribution is -2.47. The monoisotopic (exact) mass is 277 g/mol. The van der Waals surface area contributed by atoms with Crippen LogP contribution < -0.4 is 5.73 Å². The van der Waals surface area contributed by atoms with Crippen molar-refractivity contribution in [2.45, 2.75) is 48.6 Å². The summed E-state index contributed by atoms with van der Waals surface area (Å²) in [7, 11) is 0. The average Bonchev–Trinajstić information content (AvgIpc) is 2.45. The summed E-state index contributed by atoms with van der Waals surface area (Å²) in [6, 6.07) is 8.73. The van der Waals surface area contributed by atoms with Crippen LogP contribution in [-0.2, 0) is 4.74 Å². The molecule has 2 atom stereocenters. The molecular weight excluding hydrogens is 254 g/mol. The van der Waals surface area contributed by atoms with Crippen molar-refractivity contribution in [3.05, 3.63) is 29.8 Å². The van der Waals surface area contributed by atoms with Crippen LogP contribution in [0, 0.1) is 5.92 Å². The van der Waals surface area contributed by atoms with Crippen LogP contribution in [0.4, 0.5) is 0 Å². The van der Waals surface area contributed by atoms with Gasteiger partial charge in [0.2, 0.25) is 0 Å². The molecule has 2 nitrogen and oxygen atoms in total. The quantitative estimate of drug-likeness (QED) is 0.854. The lowest BCUT2D eigenvalue weighted by Gasteiger charge is -2.48. The number of rotatable bonds is 3. The van der Waals surface area contributed by atoms with E-state index >= 15 is 0 Å². The molecule has 19 heavy (non-hydrogen) atoms. The molecule has 0 amide bonds. The molecular formula is C16H23NOS. The molecule has 1 saturated heterocycles. The third kappa shape index (κ3) is 2.56. The Balaban J connectivity index is 1.77. The van der Waals surface area contributed by atoms with Gasteiger partial charge in [-0.3, -0.25) is 0 Å². The van der Waals surface area contributed by atoms with Gasteiger partial charge in [0.05, 0.1) is 5.60 Å². The number of nitrogens with two attached hydrogens (primary N) is 1. The zero-order valence-electron chi connectivity index (χ0n) is 11.6. The summed E-state index contributed by atoms with van der Waals surface area (Å²) in [4.78, 5) is 1.32. The molecule has 1 saturated carbocycles. The van der Waals surface area contributed by atoms with Crippen LogP contribution >= 0.6 is 11.8 Å². The van der Waals surface area contributed by atoms with Crippen molar-refractivity contribution in [2.75, 3.05) is 12.9 Å². The highest BCUT2D eigenvalue weighted by molar-refractivity contribution is 7.98. The summed E-state index contributed by atoms with van der Waals surface area (Å²) >= 11 is 1.80. The summed E-state index contributed by atoms with van der Waals surface area (Å²) in [5, 5.41) is 0. The van der Waals surface area contributed by atoms with Gasteiger partial charge in [-0.25, -0.2) is 0 Å². The Morgan fingerprint density at radius 1 is 1.37 bits per heavy atom.